The smallest absolute Gasteiger partial charge is 0.253 e. The molecule has 7 nitrogen and oxygen atoms in total. The van der Waals surface area contributed by atoms with Crippen LogP contribution < -0.4 is 20.5 Å². The molecule has 7 heteroatoms. The van der Waals surface area contributed by atoms with E-state index >= 15 is 0 Å². The number of nitrogens with one attached hydrogen (secondary N) is 1. The average Bonchev–Trinajstić information content (AvgIpc) is 3.17. The molecule has 1 saturated heterocycles. The number of methoxy groups -OCH3 is 1. The number of hydrogen-bond acceptors (Lipinski definition) is 6. The zero-order valence-corrected chi connectivity index (χ0v) is 14.7. The van der Waals surface area contributed by atoms with Crippen molar-refractivity contribution in [2.45, 2.75) is 31.7 Å². The van der Waals surface area contributed by atoms with Crippen LogP contribution in [0, 0.1) is 0 Å². The maximum atomic E-state index is 12.4. The van der Waals surface area contributed by atoms with E-state index in [9.17, 15) is 4.79 Å². The van der Waals surface area contributed by atoms with Gasteiger partial charge in [0.2, 0.25) is 0 Å². The third-order valence-corrected chi connectivity index (χ3v) is 4.21. The van der Waals surface area contributed by atoms with Crippen molar-refractivity contribution in [3.8, 4) is 11.5 Å². The van der Waals surface area contributed by atoms with E-state index in [-0.39, 0.29) is 12.0 Å². The molecular weight excluding hydrogens is 334 g/mol. The molecule has 1 fully saturated rings. The Bertz CT molecular complexity index is 739. The van der Waals surface area contributed by atoms with Crippen molar-refractivity contribution < 1.29 is 19.0 Å². The topological polar surface area (TPSA) is 95.7 Å². The minimum absolute atomic E-state index is 0.0417. The summed E-state index contributed by atoms with van der Waals surface area (Å²) < 4.78 is 16.8. The number of carbonyl (C=O) groups is 1. The molecule has 3 N–H and O–H groups in total. The zero-order valence-electron chi connectivity index (χ0n) is 14.7. The minimum atomic E-state index is -0.467. The summed E-state index contributed by atoms with van der Waals surface area (Å²) in [6.45, 7) is 0.782. The van der Waals surface area contributed by atoms with Crippen molar-refractivity contribution >= 4 is 11.6 Å². The number of aromatic nitrogens is 1. The van der Waals surface area contributed by atoms with Gasteiger partial charge in [-0.3, -0.25) is 9.78 Å². The van der Waals surface area contributed by atoms with Crippen LogP contribution in [0.3, 0.4) is 0 Å². The summed E-state index contributed by atoms with van der Waals surface area (Å²) in [6, 6.07) is 9.04. The highest BCUT2D eigenvalue weighted by molar-refractivity contribution is 5.94. The first-order valence-electron chi connectivity index (χ1n) is 8.55. The second-order valence-corrected chi connectivity index (χ2v) is 6.06. The van der Waals surface area contributed by atoms with Crippen LogP contribution in [0.1, 0.15) is 18.4 Å². The van der Waals surface area contributed by atoms with Crippen LogP contribution in [0.15, 0.2) is 42.7 Å². The van der Waals surface area contributed by atoms with Gasteiger partial charge >= 0.3 is 0 Å². The van der Waals surface area contributed by atoms with Crippen molar-refractivity contribution in [1.82, 2.24) is 4.98 Å². The summed E-state index contributed by atoms with van der Waals surface area (Å²) in [7, 11) is 1.57. The van der Waals surface area contributed by atoms with Crippen molar-refractivity contribution in [1.29, 1.82) is 0 Å². The fraction of sp³-hybridized carbons (Fsp3) is 0.368. The lowest BCUT2D eigenvalue weighted by Crippen LogP contribution is -2.29. The van der Waals surface area contributed by atoms with Gasteiger partial charge in [-0.05, 0) is 31.0 Å². The summed E-state index contributed by atoms with van der Waals surface area (Å²) in [6.07, 6.45) is 4.42. The van der Waals surface area contributed by atoms with Gasteiger partial charge in [-0.2, -0.15) is 0 Å². The van der Waals surface area contributed by atoms with Crippen molar-refractivity contribution in [2.75, 3.05) is 19.0 Å². The van der Waals surface area contributed by atoms with Gasteiger partial charge in [0.1, 0.15) is 12.7 Å². The molecule has 0 bridgehead atoms. The molecule has 2 atom stereocenters. The Balaban J connectivity index is 1.65. The van der Waals surface area contributed by atoms with Gasteiger partial charge in [-0.15, -0.1) is 0 Å². The first-order valence-corrected chi connectivity index (χ1v) is 8.55. The zero-order chi connectivity index (χ0) is 18.4. The number of amides is 1. The second-order valence-electron chi connectivity index (χ2n) is 6.06. The molecule has 2 aromatic rings. The van der Waals surface area contributed by atoms with Crippen molar-refractivity contribution in [3.63, 3.8) is 0 Å². The number of nitrogens with two attached hydrogens (primary N) is 1. The van der Waals surface area contributed by atoms with E-state index in [1.165, 1.54) is 0 Å². The minimum Gasteiger partial charge on any atom is -0.493 e. The Morgan fingerprint density at radius 3 is 2.92 bits per heavy atom. The number of pyridine rings is 1. The quantitative estimate of drug-likeness (QED) is 0.788. The number of carbonyl (C=O) groups excluding carboxylic acids is 1. The van der Waals surface area contributed by atoms with Crippen LogP contribution in [0.5, 0.6) is 11.5 Å². The van der Waals surface area contributed by atoms with Crippen LogP contribution in [-0.2, 0) is 16.1 Å². The summed E-state index contributed by atoms with van der Waals surface area (Å²) in [5.41, 5.74) is 7.15. The van der Waals surface area contributed by atoms with Gasteiger partial charge in [0.25, 0.3) is 5.91 Å². The molecule has 2 heterocycles. The Morgan fingerprint density at radius 2 is 2.23 bits per heavy atom. The Morgan fingerprint density at radius 1 is 1.35 bits per heavy atom. The summed E-state index contributed by atoms with van der Waals surface area (Å²) in [5.74, 6) is 0.956. The number of nitrogens with zero attached hydrogens (tertiary/aromatic N) is 1. The van der Waals surface area contributed by atoms with Crippen LogP contribution in [-0.4, -0.2) is 36.8 Å². The average molecular weight is 357 g/mol. The summed E-state index contributed by atoms with van der Waals surface area (Å²) >= 11 is 0. The monoisotopic (exact) mass is 357 g/mol. The largest absolute Gasteiger partial charge is 0.493 e. The standard InChI is InChI=1S/C19H23N3O4/c1-24-16-6-4-14(22-19(23)17-7-5-15(10-20)26-17)9-18(16)25-12-13-3-2-8-21-11-13/h2-4,6,8-9,11,15,17H,5,7,10,12,20H2,1H3,(H,22,23)/t15-,17+/m1/s1. The molecule has 1 aliphatic heterocycles. The molecule has 1 aromatic heterocycles. The fourth-order valence-corrected chi connectivity index (χ4v) is 2.81. The van der Waals surface area contributed by atoms with Crippen molar-refractivity contribution in [3.05, 3.63) is 48.3 Å². The molecule has 26 heavy (non-hydrogen) atoms. The molecular formula is C19H23N3O4. The third-order valence-electron chi connectivity index (χ3n) is 4.21. The van der Waals surface area contributed by atoms with E-state index < -0.39 is 6.10 Å². The van der Waals surface area contributed by atoms with Gasteiger partial charge < -0.3 is 25.3 Å². The molecule has 0 radical (unpaired) electrons. The molecule has 0 unspecified atom stereocenters. The Kier molecular flexibility index (Phi) is 6.04. The molecule has 1 aliphatic rings. The van der Waals surface area contributed by atoms with E-state index in [1.54, 1.807) is 37.7 Å². The first kappa shape index (κ1) is 18.2. The number of rotatable bonds is 7. The predicted octanol–water partition coefficient (Wildman–Crippen LogP) is 2.11. The van der Waals surface area contributed by atoms with E-state index in [0.717, 1.165) is 12.0 Å². The van der Waals surface area contributed by atoms with Gasteiger partial charge in [-0.1, -0.05) is 6.07 Å². The predicted molar refractivity (Wildman–Crippen MR) is 97.1 cm³/mol. The molecule has 1 amide bonds. The lowest BCUT2D eigenvalue weighted by molar-refractivity contribution is -0.126. The lowest BCUT2D eigenvalue weighted by Gasteiger charge is -2.15. The molecule has 138 valence electrons. The molecule has 0 aliphatic carbocycles. The Hall–Kier alpha value is -2.64. The maximum absolute atomic E-state index is 12.4. The third kappa shape index (κ3) is 4.50. The maximum Gasteiger partial charge on any atom is 0.253 e. The highest BCUT2D eigenvalue weighted by Crippen LogP contribution is 2.31. The van der Waals surface area contributed by atoms with Gasteiger partial charge in [-0.25, -0.2) is 0 Å². The number of anilines is 1. The number of hydrogen-bond donors (Lipinski definition) is 2. The second kappa shape index (κ2) is 8.64. The van der Waals surface area contributed by atoms with Crippen LogP contribution in [0.4, 0.5) is 5.69 Å². The van der Waals surface area contributed by atoms with E-state index in [4.69, 9.17) is 19.9 Å². The van der Waals surface area contributed by atoms with Crippen LogP contribution in [0.25, 0.3) is 0 Å². The van der Waals surface area contributed by atoms with Crippen LogP contribution >= 0.6 is 0 Å². The SMILES string of the molecule is COc1ccc(NC(=O)[C@@H]2CC[C@H](CN)O2)cc1OCc1cccnc1. The molecule has 0 spiro atoms. The van der Waals surface area contributed by atoms with E-state index in [0.29, 0.717) is 36.8 Å². The van der Waals surface area contributed by atoms with Crippen LogP contribution in [0.2, 0.25) is 0 Å². The van der Waals surface area contributed by atoms with Gasteiger partial charge in [0.15, 0.2) is 11.5 Å². The van der Waals surface area contributed by atoms with Gasteiger partial charge in [0.05, 0.1) is 13.2 Å². The fourth-order valence-electron chi connectivity index (χ4n) is 2.81. The Labute approximate surface area is 152 Å². The lowest BCUT2D eigenvalue weighted by atomic mass is 10.2. The number of ether oxygens (including phenoxy) is 3. The summed E-state index contributed by atoms with van der Waals surface area (Å²) in [5, 5.41) is 2.87. The van der Waals surface area contributed by atoms with E-state index in [1.807, 2.05) is 12.1 Å². The van der Waals surface area contributed by atoms with Crippen molar-refractivity contribution in [2.24, 2.45) is 5.73 Å². The number of benzene rings is 1. The highest BCUT2D eigenvalue weighted by Gasteiger charge is 2.29. The molecule has 3 rings (SSSR count). The van der Waals surface area contributed by atoms with E-state index in [2.05, 4.69) is 10.3 Å². The molecule has 1 aromatic carbocycles. The molecule has 0 saturated carbocycles. The summed E-state index contributed by atoms with van der Waals surface area (Å²) in [4.78, 5) is 16.4. The normalized spacial score (nSPS) is 19.2. The first-order chi connectivity index (χ1) is 12.7. The van der Waals surface area contributed by atoms with Gasteiger partial charge in [0, 0.05) is 36.3 Å². The highest BCUT2D eigenvalue weighted by atomic mass is 16.5.